The van der Waals surface area contributed by atoms with E-state index in [1.807, 2.05) is 36.9 Å². The van der Waals surface area contributed by atoms with E-state index in [-0.39, 0.29) is 0 Å². The van der Waals surface area contributed by atoms with Crippen LogP contribution in [-0.4, -0.2) is 16.6 Å². The number of aromatic nitrogens is 2. The maximum absolute atomic E-state index is 4.44. The fourth-order valence-corrected chi connectivity index (χ4v) is 1.47. The van der Waals surface area contributed by atoms with Gasteiger partial charge in [0.05, 0.1) is 11.0 Å². The van der Waals surface area contributed by atoms with Crippen molar-refractivity contribution in [1.29, 1.82) is 0 Å². The lowest BCUT2D eigenvalue weighted by molar-refractivity contribution is 0.906. The molecule has 0 saturated carbocycles. The summed E-state index contributed by atoms with van der Waals surface area (Å²) >= 11 is 0. The molecule has 13 heavy (non-hydrogen) atoms. The summed E-state index contributed by atoms with van der Waals surface area (Å²) in [6, 6.07) is 8.05. The van der Waals surface area contributed by atoms with Gasteiger partial charge in [-0.05, 0) is 12.1 Å². The molecule has 0 N–H and O–H groups in total. The van der Waals surface area contributed by atoms with Gasteiger partial charge in [-0.25, -0.2) is 4.98 Å². The number of anilines is 1. The van der Waals surface area contributed by atoms with Gasteiger partial charge in [-0.2, -0.15) is 0 Å². The third-order valence-electron chi connectivity index (χ3n) is 2.10. The second-order valence-corrected chi connectivity index (χ2v) is 3.16. The predicted octanol–water partition coefficient (Wildman–Crippen LogP) is 1.80. The number of rotatable bonds is 1. The van der Waals surface area contributed by atoms with Crippen LogP contribution in [0.5, 0.6) is 0 Å². The summed E-state index contributed by atoms with van der Waals surface area (Å²) in [7, 11) is 7.70. The van der Waals surface area contributed by atoms with Crippen LogP contribution in [0.4, 0.5) is 5.95 Å². The first kappa shape index (κ1) is 8.10. The fourth-order valence-electron chi connectivity index (χ4n) is 1.47. The quantitative estimate of drug-likeness (QED) is 0.657. The van der Waals surface area contributed by atoms with Gasteiger partial charge < -0.3 is 9.47 Å². The molecular weight excluding hydrogens is 162 g/mol. The molecule has 1 aromatic carbocycles. The van der Waals surface area contributed by atoms with Gasteiger partial charge in [0.2, 0.25) is 5.95 Å². The Hall–Kier alpha value is -1.51. The molecule has 0 amide bonds. The Morgan fingerprint density at radius 3 is 2.69 bits per heavy atom. The molecule has 0 atom stereocenters. The fraction of sp³-hybridized carbons (Fsp3) is 0.200. The Kier molecular flexibility index (Phi) is 1.72. The SMILES string of the molecule is [CH2]N(C)c1nc2ccccc2n1C. The van der Waals surface area contributed by atoms with Gasteiger partial charge >= 0.3 is 0 Å². The van der Waals surface area contributed by atoms with Crippen LogP contribution in [0.25, 0.3) is 11.0 Å². The molecule has 0 fully saturated rings. The molecule has 0 unspecified atom stereocenters. The summed E-state index contributed by atoms with van der Waals surface area (Å²) < 4.78 is 2.03. The van der Waals surface area contributed by atoms with Crippen molar-refractivity contribution in [3.05, 3.63) is 31.3 Å². The minimum atomic E-state index is 0.876. The highest BCUT2D eigenvalue weighted by Gasteiger charge is 2.07. The van der Waals surface area contributed by atoms with Gasteiger partial charge in [-0.1, -0.05) is 12.1 Å². The van der Waals surface area contributed by atoms with E-state index in [4.69, 9.17) is 0 Å². The lowest BCUT2D eigenvalue weighted by Gasteiger charge is -2.10. The molecule has 0 bridgehead atoms. The number of fused-ring (bicyclic) bond motifs is 1. The highest BCUT2D eigenvalue weighted by molar-refractivity contribution is 5.78. The van der Waals surface area contributed by atoms with E-state index >= 15 is 0 Å². The van der Waals surface area contributed by atoms with Crippen LogP contribution < -0.4 is 4.90 Å². The summed E-state index contributed by atoms with van der Waals surface area (Å²) in [5.74, 6) is 0.876. The normalized spacial score (nSPS) is 10.7. The standard InChI is InChI=1S/C10H12N3/c1-12(2)10-11-8-6-4-5-7-9(8)13(10)3/h4-7H,1H2,2-3H3. The van der Waals surface area contributed by atoms with Crippen LogP contribution in [0.1, 0.15) is 0 Å². The first-order valence-electron chi connectivity index (χ1n) is 4.16. The minimum Gasteiger partial charge on any atom is -0.344 e. The molecule has 1 aromatic heterocycles. The number of hydrogen-bond acceptors (Lipinski definition) is 2. The van der Waals surface area contributed by atoms with Crippen LogP contribution in [-0.2, 0) is 7.05 Å². The first-order chi connectivity index (χ1) is 6.20. The molecule has 2 rings (SSSR count). The molecule has 3 nitrogen and oxygen atoms in total. The summed E-state index contributed by atoms with van der Waals surface area (Å²) in [6.07, 6.45) is 0. The Bertz CT molecular complexity index is 429. The lowest BCUT2D eigenvalue weighted by atomic mass is 10.3. The zero-order valence-electron chi connectivity index (χ0n) is 7.86. The van der Waals surface area contributed by atoms with E-state index in [0.29, 0.717) is 0 Å². The van der Waals surface area contributed by atoms with Crippen molar-refractivity contribution < 1.29 is 0 Å². The van der Waals surface area contributed by atoms with Crippen molar-refractivity contribution in [2.24, 2.45) is 7.05 Å². The van der Waals surface area contributed by atoms with Gasteiger partial charge in [0.1, 0.15) is 0 Å². The Morgan fingerprint density at radius 1 is 1.38 bits per heavy atom. The largest absolute Gasteiger partial charge is 0.344 e. The topological polar surface area (TPSA) is 21.1 Å². The zero-order chi connectivity index (χ0) is 9.42. The highest BCUT2D eigenvalue weighted by Crippen LogP contribution is 2.19. The molecule has 0 aliphatic heterocycles. The number of aryl methyl sites for hydroxylation is 1. The van der Waals surface area contributed by atoms with Crippen LogP contribution >= 0.6 is 0 Å². The number of hydrogen-bond donors (Lipinski definition) is 0. The molecule has 0 spiro atoms. The van der Waals surface area contributed by atoms with Gasteiger partial charge in [-0.3, -0.25) is 0 Å². The summed E-state index contributed by atoms with van der Waals surface area (Å²) in [5, 5.41) is 0. The van der Waals surface area contributed by atoms with Gasteiger partial charge in [0, 0.05) is 21.1 Å². The van der Waals surface area contributed by atoms with E-state index in [2.05, 4.69) is 18.1 Å². The van der Waals surface area contributed by atoms with E-state index in [1.54, 1.807) is 4.90 Å². The molecule has 0 aliphatic rings. The Labute approximate surface area is 77.6 Å². The molecule has 3 heteroatoms. The van der Waals surface area contributed by atoms with Crippen molar-refractivity contribution in [1.82, 2.24) is 9.55 Å². The van der Waals surface area contributed by atoms with Gasteiger partial charge in [0.15, 0.2) is 0 Å². The molecule has 2 aromatic rings. The summed E-state index contributed by atoms with van der Waals surface area (Å²) in [4.78, 5) is 6.20. The maximum atomic E-state index is 4.44. The van der Waals surface area contributed by atoms with Crippen LogP contribution in [0.3, 0.4) is 0 Å². The predicted molar refractivity (Wildman–Crippen MR) is 54.5 cm³/mol. The Morgan fingerprint density at radius 2 is 2.08 bits per heavy atom. The molecule has 67 valence electrons. The number of nitrogens with zero attached hydrogens (tertiary/aromatic N) is 3. The number of benzene rings is 1. The molecule has 1 radical (unpaired) electrons. The van der Waals surface area contributed by atoms with Gasteiger partial charge in [0.25, 0.3) is 0 Å². The maximum Gasteiger partial charge on any atom is 0.206 e. The zero-order valence-corrected chi connectivity index (χ0v) is 7.86. The number of imidazole rings is 1. The Balaban J connectivity index is 2.74. The van der Waals surface area contributed by atoms with Crippen LogP contribution in [0.2, 0.25) is 0 Å². The van der Waals surface area contributed by atoms with E-state index in [1.165, 1.54) is 0 Å². The van der Waals surface area contributed by atoms with Crippen molar-refractivity contribution >= 4 is 17.0 Å². The van der Waals surface area contributed by atoms with Crippen molar-refractivity contribution in [2.45, 2.75) is 0 Å². The second-order valence-electron chi connectivity index (χ2n) is 3.16. The molecule has 0 aliphatic carbocycles. The molecule has 0 saturated heterocycles. The van der Waals surface area contributed by atoms with Crippen LogP contribution in [0, 0.1) is 7.05 Å². The third-order valence-corrected chi connectivity index (χ3v) is 2.10. The number of para-hydroxylation sites is 2. The third kappa shape index (κ3) is 1.16. The summed E-state index contributed by atoms with van der Waals surface area (Å²) in [6.45, 7) is 0. The minimum absolute atomic E-state index is 0.876. The lowest BCUT2D eigenvalue weighted by Crippen LogP contribution is -2.10. The smallest absolute Gasteiger partial charge is 0.206 e. The monoisotopic (exact) mass is 174 g/mol. The average molecular weight is 174 g/mol. The van der Waals surface area contributed by atoms with E-state index in [9.17, 15) is 0 Å². The molecular formula is C10H12N3. The average Bonchev–Trinajstić information content (AvgIpc) is 2.45. The highest BCUT2D eigenvalue weighted by atomic mass is 15.3. The van der Waals surface area contributed by atoms with E-state index in [0.717, 1.165) is 17.0 Å². The summed E-state index contributed by atoms with van der Waals surface area (Å²) in [5.41, 5.74) is 2.14. The first-order valence-corrected chi connectivity index (χ1v) is 4.16. The van der Waals surface area contributed by atoms with Crippen molar-refractivity contribution in [3.8, 4) is 0 Å². The van der Waals surface area contributed by atoms with Crippen molar-refractivity contribution in [2.75, 3.05) is 11.9 Å². The van der Waals surface area contributed by atoms with Crippen LogP contribution in [0.15, 0.2) is 24.3 Å². The van der Waals surface area contributed by atoms with Crippen molar-refractivity contribution in [3.63, 3.8) is 0 Å². The molecule has 1 heterocycles. The van der Waals surface area contributed by atoms with Gasteiger partial charge in [-0.15, -0.1) is 0 Å². The van der Waals surface area contributed by atoms with E-state index < -0.39 is 0 Å². The second kappa shape index (κ2) is 2.76.